The second-order valence-electron chi connectivity index (χ2n) is 13.1. The smallest absolute Gasteiger partial charge is 0.143 e. The van der Waals surface area contributed by atoms with Gasteiger partial charge in [-0.1, -0.05) is 121 Å². The maximum atomic E-state index is 6.45. The summed E-state index contributed by atoms with van der Waals surface area (Å²) in [5.74, 6) is 0. The molecule has 0 aliphatic carbocycles. The van der Waals surface area contributed by atoms with Gasteiger partial charge < -0.3 is 4.42 Å². The standard InChI is InChI=1S/C47H27NOS/c1-2-10-29-23-33(20-19-28(29)9-1)39-27-41(34-14-7-13-32(24-34)35-16-8-17-38-36-15-5-6-18-42(36)49-47(35)38)48-46-37(39)21-22-43-45(46)40-25-30-11-3-4-12-31(30)26-44(40)50-43/h1-27H. The van der Waals surface area contributed by atoms with Gasteiger partial charge >= 0.3 is 0 Å². The zero-order chi connectivity index (χ0) is 32.8. The number of furan rings is 1. The maximum Gasteiger partial charge on any atom is 0.143 e. The molecular formula is C47H27NOS. The summed E-state index contributed by atoms with van der Waals surface area (Å²) in [6.07, 6.45) is 0. The van der Waals surface area contributed by atoms with E-state index in [0.717, 1.165) is 55.2 Å². The summed E-state index contributed by atoms with van der Waals surface area (Å²) in [5.41, 5.74) is 9.42. The fraction of sp³-hybridized carbons (Fsp3) is 0. The largest absolute Gasteiger partial charge is 0.455 e. The third-order valence-electron chi connectivity index (χ3n) is 10.2. The highest BCUT2D eigenvalue weighted by Crippen LogP contribution is 2.44. The molecule has 0 aliphatic heterocycles. The first kappa shape index (κ1) is 27.6. The molecule has 0 aliphatic rings. The van der Waals surface area contributed by atoms with Gasteiger partial charge in [0.25, 0.3) is 0 Å². The van der Waals surface area contributed by atoms with Gasteiger partial charge in [0.2, 0.25) is 0 Å². The Balaban J connectivity index is 1.19. The Kier molecular flexibility index (Phi) is 5.86. The Hall–Kier alpha value is -6.29. The first-order valence-corrected chi connectivity index (χ1v) is 17.8. The zero-order valence-corrected chi connectivity index (χ0v) is 27.7. The van der Waals surface area contributed by atoms with Crippen molar-refractivity contribution in [3.8, 4) is 33.5 Å². The van der Waals surface area contributed by atoms with Crippen LogP contribution in [0.2, 0.25) is 0 Å². The number of nitrogens with zero attached hydrogens (tertiary/aromatic N) is 1. The molecule has 0 radical (unpaired) electrons. The molecule has 0 bridgehead atoms. The third kappa shape index (κ3) is 4.17. The number of hydrogen-bond donors (Lipinski definition) is 0. The minimum atomic E-state index is 0.905. The van der Waals surface area contributed by atoms with Crippen LogP contribution in [0.15, 0.2) is 168 Å². The van der Waals surface area contributed by atoms with Crippen LogP contribution in [0.1, 0.15) is 0 Å². The molecule has 3 heterocycles. The van der Waals surface area contributed by atoms with Crippen LogP contribution in [0.25, 0.3) is 108 Å². The summed E-state index contributed by atoms with van der Waals surface area (Å²) in [6.45, 7) is 0. The van der Waals surface area contributed by atoms with Crippen LogP contribution in [-0.4, -0.2) is 4.98 Å². The summed E-state index contributed by atoms with van der Waals surface area (Å²) in [6, 6.07) is 59.0. The fourth-order valence-electron chi connectivity index (χ4n) is 7.80. The number of aromatic nitrogens is 1. The Morgan fingerprint density at radius 3 is 2.04 bits per heavy atom. The van der Waals surface area contributed by atoms with Crippen LogP contribution in [0.5, 0.6) is 0 Å². The van der Waals surface area contributed by atoms with Gasteiger partial charge in [-0.05, 0) is 80.7 Å². The first-order valence-electron chi connectivity index (χ1n) is 16.9. The fourth-order valence-corrected chi connectivity index (χ4v) is 8.94. The molecule has 2 nitrogen and oxygen atoms in total. The first-order chi connectivity index (χ1) is 24.7. The average molecular weight is 654 g/mol. The van der Waals surface area contributed by atoms with E-state index in [4.69, 9.17) is 9.40 Å². The number of benzene rings is 8. The molecule has 0 spiro atoms. The summed E-state index contributed by atoms with van der Waals surface area (Å²) < 4.78 is 8.99. The van der Waals surface area contributed by atoms with Crippen LogP contribution in [0, 0.1) is 0 Å². The number of pyridine rings is 1. The van der Waals surface area contributed by atoms with E-state index in [0.29, 0.717) is 0 Å². The normalized spacial score (nSPS) is 12.0. The molecule has 8 aromatic carbocycles. The van der Waals surface area contributed by atoms with Crippen LogP contribution in [0.4, 0.5) is 0 Å². The molecule has 11 rings (SSSR count). The number of fused-ring (bicyclic) bond motifs is 10. The molecule has 0 atom stereocenters. The van der Waals surface area contributed by atoms with Gasteiger partial charge in [-0.25, -0.2) is 4.98 Å². The van der Waals surface area contributed by atoms with Crippen LogP contribution < -0.4 is 0 Å². The summed E-state index contributed by atoms with van der Waals surface area (Å²) in [5, 5.41) is 10.9. The number of para-hydroxylation sites is 2. The summed E-state index contributed by atoms with van der Waals surface area (Å²) >= 11 is 1.85. The van der Waals surface area contributed by atoms with Gasteiger partial charge in [-0.3, -0.25) is 0 Å². The maximum absolute atomic E-state index is 6.45. The molecule has 3 heteroatoms. The molecule has 11 aromatic rings. The van der Waals surface area contributed by atoms with E-state index >= 15 is 0 Å². The van der Waals surface area contributed by atoms with Crippen molar-refractivity contribution >= 4 is 85.9 Å². The van der Waals surface area contributed by atoms with Gasteiger partial charge in [0.15, 0.2) is 0 Å². The topological polar surface area (TPSA) is 26.0 Å². The molecule has 0 N–H and O–H groups in total. The van der Waals surface area contributed by atoms with Crippen molar-refractivity contribution in [2.24, 2.45) is 0 Å². The molecule has 0 unspecified atom stereocenters. The lowest BCUT2D eigenvalue weighted by Crippen LogP contribution is -1.92. The van der Waals surface area contributed by atoms with E-state index in [1.54, 1.807) is 0 Å². The quantitative estimate of drug-likeness (QED) is 0.190. The van der Waals surface area contributed by atoms with Crippen molar-refractivity contribution in [3.05, 3.63) is 164 Å². The van der Waals surface area contributed by atoms with Gasteiger partial charge in [0.05, 0.1) is 11.2 Å². The summed E-state index contributed by atoms with van der Waals surface area (Å²) in [7, 11) is 0. The van der Waals surface area contributed by atoms with Gasteiger partial charge in [0.1, 0.15) is 11.2 Å². The lowest BCUT2D eigenvalue weighted by atomic mass is 9.94. The lowest BCUT2D eigenvalue weighted by Gasteiger charge is -2.13. The SMILES string of the molecule is c1cc(-c2cc(-c3ccc4ccccc4c3)c3ccc4sc5cc6ccccc6cc5c4c3n2)cc(-c2cccc3c2oc2ccccc23)c1. The minimum absolute atomic E-state index is 0.905. The Labute approximate surface area is 291 Å². The second kappa shape index (κ2) is 10.6. The van der Waals surface area contributed by atoms with E-state index in [-0.39, 0.29) is 0 Å². The van der Waals surface area contributed by atoms with Crippen molar-refractivity contribution < 1.29 is 4.42 Å². The van der Waals surface area contributed by atoms with E-state index in [1.165, 1.54) is 52.8 Å². The Morgan fingerprint density at radius 2 is 1.14 bits per heavy atom. The molecule has 0 amide bonds. The zero-order valence-electron chi connectivity index (χ0n) is 26.9. The highest BCUT2D eigenvalue weighted by Gasteiger charge is 2.18. The number of hydrogen-bond acceptors (Lipinski definition) is 3. The van der Waals surface area contributed by atoms with Crippen molar-refractivity contribution in [1.82, 2.24) is 4.98 Å². The molecule has 0 fully saturated rings. The lowest BCUT2D eigenvalue weighted by molar-refractivity contribution is 0.670. The van der Waals surface area contributed by atoms with Crippen molar-refractivity contribution in [1.29, 1.82) is 0 Å². The number of rotatable bonds is 3. The van der Waals surface area contributed by atoms with E-state index in [1.807, 2.05) is 23.5 Å². The van der Waals surface area contributed by atoms with Gasteiger partial charge in [-0.2, -0.15) is 0 Å². The van der Waals surface area contributed by atoms with Crippen molar-refractivity contribution in [2.75, 3.05) is 0 Å². The van der Waals surface area contributed by atoms with E-state index in [9.17, 15) is 0 Å². The average Bonchev–Trinajstić information content (AvgIpc) is 3.74. The predicted molar refractivity (Wildman–Crippen MR) is 213 cm³/mol. The van der Waals surface area contributed by atoms with Crippen LogP contribution in [0.3, 0.4) is 0 Å². The molecule has 232 valence electrons. The molecule has 50 heavy (non-hydrogen) atoms. The molecule has 0 saturated carbocycles. The Bertz CT molecular complexity index is 3160. The molecule has 0 saturated heterocycles. The second-order valence-corrected chi connectivity index (χ2v) is 14.2. The van der Waals surface area contributed by atoms with Crippen LogP contribution in [-0.2, 0) is 0 Å². The Morgan fingerprint density at radius 1 is 0.420 bits per heavy atom. The van der Waals surface area contributed by atoms with Gasteiger partial charge in [-0.15, -0.1) is 11.3 Å². The van der Waals surface area contributed by atoms with Crippen molar-refractivity contribution in [3.63, 3.8) is 0 Å². The molecular weight excluding hydrogens is 627 g/mol. The van der Waals surface area contributed by atoms with E-state index < -0.39 is 0 Å². The van der Waals surface area contributed by atoms with Crippen LogP contribution >= 0.6 is 11.3 Å². The summed E-state index contributed by atoms with van der Waals surface area (Å²) in [4.78, 5) is 5.54. The highest BCUT2D eigenvalue weighted by molar-refractivity contribution is 7.26. The molecule has 3 aromatic heterocycles. The van der Waals surface area contributed by atoms with Crippen molar-refractivity contribution in [2.45, 2.75) is 0 Å². The monoisotopic (exact) mass is 653 g/mol. The predicted octanol–water partition coefficient (Wildman–Crippen LogP) is 13.8. The third-order valence-corrected chi connectivity index (χ3v) is 11.3. The minimum Gasteiger partial charge on any atom is -0.455 e. The van der Waals surface area contributed by atoms with Gasteiger partial charge in [0, 0.05) is 47.5 Å². The van der Waals surface area contributed by atoms with E-state index in [2.05, 4.69) is 152 Å². The highest BCUT2D eigenvalue weighted by atomic mass is 32.1. The number of thiophene rings is 1.